The van der Waals surface area contributed by atoms with Crippen LogP contribution in [0.4, 0.5) is 0 Å². The van der Waals surface area contributed by atoms with Crippen molar-refractivity contribution in [3.8, 4) is 0 Å². The normalized spacial score (nSPS) is 11.3. The van der Waals surface area contributed by atoms with Gasteiger partial charge in [0, 0.05) is 20.8 Å². The van der Waals surface area contributed by atoms with Gasteiger partial charge in [0.05, 0.1) is 0 Å². The van der Waals surface area contributed by atoms with E-state index in [9.17, 15) is 0 Å². The fourth-order valence-electron chi connectivity index (χ4n) is 0.760. The van der Waals surface area contributed by atoms with Gasteiger partial charge in [0.25, 0.3) is 0 Å². The third-order valence-electron chi connectivity index (χ3n) is 1.15. The molecular weight excluding hydrogens is 420 g/mol. The monoisotopic (exact) mass is 450 g/mol. The van der Waals surface area contributed by atoms with Gasteiger partial charge >= 0.3 is 17.1 Å². The number of piperazine rings is 1. The van der Waals surface area contributed by atoms with Gasteiger partial charge < -0.3 is 61.7 Å². The van der Waals surface area contributed by atoms with E-state index in [-0.39, 0.29) is 49.9 Å². The fourth-order valence-corrected chi connectivity index (χ4v) is 0.760. The largest absolute Gasteiger partial charge is 2.00 e. The Labute approximate surface area is 143 Å². The van der Waals surface area contributed by atoms with Crippen LogP contribution in [0.15, 0.2) is 0 Å². The van der Waals surface area contributed by atoms with Crippen LogP contribution in [0.25, 0.3) is 0 Å². The van der Waals surface area contributed by atoms with Crippen molar-refractivity contribution in [3.05, 3.63) is 0 Å². The van der Waals surface area contributed by atoms with Gasteiger partial charge in [-0.2, -0.15) is 0 Å². The molecule has 154 valence electrons. The number of nitrogens with two attached hydrogens (primary N) is 2. The second-order valence-electron chi connectivity index (χ2n) is 2.55. The number of rotatable bonds is 0. The summed E-state index contributed by atoms with van der Waals surface area (Å²) in [6.07, 6.45) is 0. The van der Waals surface area contributed by atoms with Crippen molar-refractivity contribution in [2.45, 2.75) is 0 Å². The maximum Gasteiger partial charge on any atom is 2.00 e. The van der Waals surface area contributed by atoms with Crippen molar-refractivity contribution in [1.29, 1.82) is 0 Å². The Balaban J connectivity index is -0.0000000159. The molecule has 1 aliphatic heterocycles. The molecule has 0 aromatic carbocycles. The molecule has 1 rings (SSSR count). The summed E-state index contributed by atoms with van der Waals surface area (Å²) in [5.74, 6) is 0. The maximum atomic E-state index is 8.52. The van der Waals surface area contributed by atoms with Crippen molar-refractivity contribution in [3.63, 3.8) is 0 Å². The minimum absolute atomic E-state index is 0. The van der Waals surface area contributed by atoms with Crippen molar-refractivity contribution in [2.75, 3.05) is 26.2 Å². The van der Waals surface area contributed by atoms with Crippen LogP contribution < -0.4 is 10.6 Å². The van der Waals surface area contributed by atoms with E-state index < -0.39 is 20.8 Å². The minimum Gasteiger partial charge on any atom is -0.759 e. The van der Waals surface area contributed by atoms with Gasteiger partial charge in [-0.15, -0.1) is 0 Å². The Hall–Kier alpha value is -0.0605. The molecule has 23 heavy (non-hydrogen) atoms. The average molecular weight is 450 g/mol. The van der Waals surface area contributed by atoms with E-state index in [1.807, 2.05) is 0 Å². The topological polar surface area (TPSA) is 392 Å². The third kappa shape index (κ3) is 247. The Kier molecular flexibility index (Phi) is 73.9. The second kappa shape index (κ2) is 29.9. The van der Waals surface area contributed by atoms with Gasteiger partial charge in [-0.05, 0) is 0 Å². The summed E-state index contributed by atoms with van der Waals surface area (Å²) < 4.78 is 68.2. The van der Waals surface area contributed by atoms with Crippen LogP contribution in [-0.2, 0) is 70.7 Å². The first-order valence-electron chi connectivity index (χ1n) is 3.97. The number of quaternary nitrogens is 2. The smallest absolute Gasteiger partial charge is 0.759 e. The zero-order chi connectivity index (χ0) is 13.2. The molecule has 1 aliphatic rings. The molecule has 0 bridgehead atoms. The number of hydrogen-bond donors (Lipinski definition) is 2. The maximum absolute atomic E-state index is 8.52. The molecule has 0 atom stereocenters. The quantitative estimate of drug-likeness (QED) is 0.154. The van der Waals surface area contributed by atoms with Crippen LogP contribution >= 0.6 is 0 Å². The molecule has 1 fully saturated rings. The van der Waals surface area contributed by atoms with Crippen LogP contribution in [0.2, 0.25) is 0 Å². The molecule has 22 N–H and O–H groups in total. The third-order valence-corrected chi connectivity index (χ3v) is 1.15. The Bertz CT molecular complexity index is 297. The Morgan fingerprint density at radius 1 is 0.522 bits per heavy atom. The van der Waals surface area contributed by atoms with Crippen LogP contribution in [0.3, 0.4) is 0 Å². The molecule has 16 nitrogen and oxygen atoms in total. The first-order chi connectivity index (χ1) is 7.00. The summed E-state index contributed by atoms with van der Waals surface area (Å²) in [7, 11) is -10.3. The molecule has 0 aromatic heterocycles. The molecule has 0 aliphatic carbocycles. The van der Waals surface area contributed by atoms with Crippen molar-refractivity contribution < 1.29 is 95.6 Å². The average Bonchev–Trinajstić information content (AvgIpc) is 2.01. The predicted molar refractivity (Wildman–Crippen MR) is 73.5 cm³/mol. The minimum atomic E-state index is -5.17. The Morgan fingerprint density at radius 2 is 0.609 bits per heavy atom. The molecular formula is C4H30FeN2O14S2+6. The van der Waals surface area contributed by atoms with E-state index in [0.29, 0.717) is 0 Å². The summed E-state index contributed by atoms with van der Waals surface area (Å²) in [4.78, 5) is 0. The van der Waals surface area contributed by atoms with Crippen LogP contribution in [0, 0.1) is 0 Å². The number of hydrogen-bond acceptors (Lipinski definition) is 8. The SMILES string of the molecule is C1C[NH2+]CC[NH2+]1.O=S(=O)([O-])[O-].O=S(=O)([O-])[O-].[Fe+2].[OH3+].[OH3+].[OH3+].[OH3+].[OH3+].[OH3+]. The summed E-state index contributed by atoms with van der Waals surface area (Å²) in [5, 5.41) is 4.72. The summed E-state index contributed by atoms with van der Waals surface area (Å²) >= 11 is 0. The van der Waals surface area contributed by atoms with Gasteiger partial charge in [-0.25, -0.2) is 0 Å². The van der Waals surface area contributed by atoms with E-state index in [4.69, 9.17) is 35.0 Å². The first-order valence-corrected chi connectivity index (χ1v) is 6.63. The van der Waals surface area contributed by atoms with Crippen LogP contribution in [0.5, 0.6) is 0 Å². The molecule has 0 unspecified atom stereocenters. The molecule has 0 spiro atoms. The first kappa shape index (κ1) is 56.8. The van der Waals surface area contributed by atoms with E-state index in [2.05, 4.69) is 10.6 Å². The molecule has 0 radical (unpaired) electrons. The van der Waals surface area contributed by atoms with E-state index in [1.165, 1.54) is 26.2 Å². The molecule has 0 aromatic rings. The van der Waals surface area contributed by atoms with Crippen LogP contribution in [-0.4, -0.2) is 61.2 Å². The van der Waals surface area contributed by atoms with Gasteiger partial charge in [-0.1, -0.05) is 0 Å². The van der Waals surface area contributed by atoms with Gasteiger partial charge in [0.15, 0.2) is 0 Å². The van der Waals surface area contributed by atoms with Gasteiger partial charge in [0.1, 0.15) is 26.2 Å². The van der Waals surface area contributed by atoms with Crippen LogP contribution in [0.1, 0.15) is 0 Å². The van der Waals surface area contributed by atoms with E-state index in [0.717, 1.165) is 0 Å². The van der Waals surface area contributed by atoms with Crippen molar-refractivity contribution in [1.82, 2.24) is 0 Å². The predicted octanol–water partition coefficient (Wildman–Crippen LogP) is -11.1. The zero-order valence-electron chi connectivity index (χ0n) is 11.9. The fraction of sp³-hybridized carbons (Fsp3) is 1.00. The Morgan fingerprint density at radius 3 is 0.652 bits per heavy atom. The van der Waals surface area contributed by atoms with E-state index in [1.54, 1.807) is 0 Å². The molecule has 0 amide bonds. The zero-order valence-corrected chi connectivity index (χ0v) is 14.6. The van der Waals surface area contributed by atoms with Crippen molar-refractivity contribution >= 4 is 20.8 Å². The van der Waals surface area contributed by atoms with Gasteiger partial charge in [0.2, 0.25) is 0 Å². The summed E-state index contributed by atoms with van der Waals surface area (Å²) in [6.45, 7) is 5.28. The molecule has 1 saturated heterocycles. The molecule has 1 heterocycles. The van der Waals surface area contributed by atoms with Gasteiger partial charge in [-0.3, -0.25) is 16.8 Å². The summed E-state index contributed by atoms with van der Waals surface area (Å²) in [6, 6.07) is 0. The molecule has 0 saturated carbocycles. The van der Waals surface area contributed by atoms with Crippen molar-refractivity contribution in [2.24, 2.45) is 0 Å². The summed E-state index contributed by atoms with van der Waals surface area (Å²) in [5.41, 5.74) is 0. The standard InChI is InChI=1S/C4H10N2.Fe.2H2O4S.6H2O/c1-2-6-4-3-5-1;;2*1-5(2,3)4;;;;;;/h5-6H,1-4H2;;2*(H2,1,2,3,4);6*1H2/q;+2;;;;;;;;/p+4. The second-order valence-corrected chi connectivity index (χ2v) is 4.18. The molecule has 19 heteroatoms. The van der Waals surface area contributed by atoms with E-state index >= 15 is 0 Å².